The molecule has 3 saturated heterocycles. The van der Waals surface area contributed by atoms with Crippen LogP contribution in [0.3, 0.4) is 0 Å². The topological polar surface area (TPSA) is 715 Å². The van der Waals surface area contributed by atoms with Crippen LogP contribution in [-0.4, -0.2) is 338 Å². The molecule has 0 aliphatic carbocycles. The number of amides is 8. The van der Waals surface area contributed by atoms with Crippen LogP contribution in [0, 0.1) is 5.92 Å². The molecule has 11 bridgehead atoms. The number of hydrogen-bond acceptors (Lipinski definition) is 37. The Labute approximate surface area is 809 Å². The van der Waals surface area contributed by atoms with Crippen LogP contribution < -0.4 is 73.1 Å². The van der Waals surface area contributed by atoms with E-state index in [0.717, 1.165) is 110 Å². The largest absolute Gasteiger partial charge is 0.507 e. The normalized spacial score (nSPS) is 29.0. The molecular formula is C92H128Cl2N12O33. The Kier molecular flexibility index (Phi) is 38.6. The number of carbonyl (C=O) groups excluding carboxylic acids is 8. The van der Waals surface area contributed by atoms with E-state index in [4.69, 9.17) is 62.1 Å². The van der Waals surface area contributed by atoms with Crippen molar-refractivity contribution < 1.29 is 163 Å². The fourth-order valence-electron chi connectivity index (χ4n) is 17.6. The molecule has 47 heteroatoms. The van der Waals surface area contributed by atoms with Crippen LogP contribution in [0.1, 0.15) is 169 Å². The van der Waals surface area contributed by atoms with Gasteiger partial charge in [-0.05, 0) is 136 Å². The highest BCUT2D eigenvalue weighted by molar-refractivity contribution is 6.32. The smallest absolute Gasteiger partial charge is 0.248 e. The summed E-state index contributed by atoms with van der Waals surface area (Å²) in [7, 11) is 2.69. The fourth-order valence-corrected chi connectivity index (χ4v) is 18.1. The standard InChI is InChI=1S/C92H128Cl2N12O33/c1-8-9-10-11-12-13-14-15-22-97-23-24-98-92(5)33-63(133-40(4)82(92)124)138-81-79(123)77(121)61(38-109)137-91(81)139-80-58-29-44-30-59(80)135-57-21-18-43(28-49(57)94)72(116)69-89(131)102-67(87(129)105-70-78(122)76(120)60(37-108)136-90(70)132)46-31-53(111)47(34-106(7)35-54(112)74(118)75(119)55(113)36-107)73(117)64(46)45-26-41(16-19-52(45)110)65(85(127)104-69)101-86(128)66(44)100-84(126)51(32-62(95)114)99-88(130)68(103-83(125)50(96-6)25-39(2)3)71(115)42-17-20-56(134-58)48(93)27-42/h16-21,26-31,39-40,50-51,54-55,60-61,63,65-72,74-79,81-82,90-91,96-98,107-113,115-124,132H,8-15,22-25,32-38H2,1-7H3,(H2,95,114)(H,99,130)(H,100,126)(H,101,128)(H,102,131)(H,103,125)(H,104,127)(H,105,129)/t40-,50+,51-,54-,55+,60+,61+,63-,65+,66+,67-,68+,69-,70+,71+,72+,74+,75+,76+,77+,78+,79-,81+,82+,90+,91-,92-/m0/s1. The lowest BCUT2D eigenvalue weighted by molar-refractivity contribution is -0.334. The van der Waals surface area contributed by atoms with E-state index in [0.29, 0.717) is 13.1 Å². The number of nitrogens with one attached hydrogen (secondary N) is 10. The molecule has 8 heterocycles. The van der Waals surface area contributed by atoms with Crippen molar-refractivity contribution in [1.29, 1.82) is 0 Å². The molecule has 0 aromatic heterocycles. The van der Waals surface area contributed by atoms with Gasteiger partial charge in [0.25, 0.3) is 0 Å². The second-order valence-electron chi connectivity index (χ2n) is 36.5. The third-order valence-electron chi connectivity index (χ3n) is 25.5. The van der Waals surface area contributed by atoms with Gasteiger partial charge < -0.3 is 184 Å². The number of aliphatic hydroxyl groups excluding tert-OH is 15. The number of fused-ring (bicyclic) bond motifs is 15. The lowest BCUT2D eigenvalue weighted by Crippen LogP contribution is -2.65. The Hall–Kier alpha value is -9.68. The van der Waals surface area contributed by atoms with Gasteiger partial charge in [-0.25, -0.2) is 0 Å². The molecule has 139 heavy (non-hydrogen) atoms. The number of carbonyl (C=O) groups is 8. The van der Waals surface area contributed by atoms with Crippen LogP contribution in [0.4, 0.5) is 0 Å². The minimum absolute atomic E-state index is 0.154. The predicted molar refractivity (Wildman–Crippen MR) is 490 cm³/mol. The summed E-state index contributed by atoms with van der Waals surface area (Å²) in [5.41, 5.74) is 0.0777. The number of aliphatic hydroxyl groups is 15. The summed E-state index contributed by atoms with van der Waals surface area (Å²) in [5.74, 6) is -17.6. The summed E-state index contributed by atoms with van der Waals surface area (Å²) >= 11 is 14.5. The Morgan fingerprint density at radius 2 is 1.22 bits per heavy atom. The van der Waals surface area contributed by atoms with Crippen LogP contribution in [0.15, 0.2) is 72.8 Å². The van der Waals surface area contributed by atoms with Crippen LogP contribution in [0.2, 0.25) is 10.0 Å². The number of likely N-dealkylation sites (N-methyl/N-ethyl adjacent to an activating group) is 2. The molecular weight excluding hydrogens is 1870 g/mol. The van der Waals surface area contributed by atoms with E-state index in [-0.39, 0.29) is 24.3 Å². The van der Waals surface area contributed by atoms with Crippen molar-refractivity contribution in [2.75, 3.05) is 60.1 Å². The summed E-state index contributed by atoms with van der Waals surface area (Å²) in [6.45, 7) is 6.08. The molecule has 0 spiro atoms. The molecule has 8 aliphatic rings. The number of halogens is 2. The molecule has 8 aliphatic heterocycles. The van der Waals surface area contributed by atoms with Crippen molar-refractivity contribution in [3.63, 3.8) is 0 Å². The number of phenols is 3. The number of nitrogens with zero attached hydrogens (tertiary/aromatic N) is 1. The zero-order valence-corrected chi connectivity index (χ0v) is 78.9. The monoisotopic (exact) mass is 2000 g/mol. The maximum Gasteiger partial charge on any atom is 0.248 e. The van der Waals surface area contributed by atoms with Crippen molar-refractivity contribution in [2.45, 2.75) is 276 Å². The average Bonchev–Trinajstić information content (AvgIpc) is 0.757. The van der Waals surface area contributed by atoms with E-state index in [9.17, 15) is 102 Å². The van der Waals surface area contributed by atoms with E-state index in [2.05, 4.69) is 60.1 Å². The van der Waals surface area contributed by atoms with Gasteiger partial charge in [-0.1, -0.05) is 107 Å². The first-order valence-electron chi connectivity index (χ1n) is 46.0. The summed E-state index contributed by atoms with van der Waals surface area (Å²) in [6, 6.07) is -5.41. The highest BCUT2D eigenvalue weighted by Crippen LogP contribution is 2.51. The second kappa shape index (κ2) is 48.9. The molecule has 0 unspecified atom stereocenters. The Balaban J connectivity index is 1.11. The lowest BCUT2D eigenvalue weighted by Gasteiger charge is -2.48. The Morgan fingerprint density at radius 3 is 1.83 bits per heavy atom. The van der Waals surface area contributed by atoms with Gasteiger partial charge in [0.05, 0.1) is 66.2 Å². The highest BCUT2D eigenvalue weighted by atomic mass is 35.5. The maximum atomic E-state index is 16.7. The molecule has 3 fully saturated rings. The maximum absolute atomic E-state index is 16.7. The van der Waals surface area contributed by atoms with E-state index in [1.54, 1.807) is 27.7 Å². The van der Waals surface area contributed by atoms with Crippen molar-refractivity contribution in [2.24, 2.45) is 11.7 Å². The number of nitrogens with two attached hydrogens (primary N) is 1. The molecule has 0 saturated carbocycles. The van der Waals surface area contributed by atoms with E-state index < -0.39 is 346 Å². The molecule has 30 N–H and O–H groups in total. The first kappa shape index (κ1) is 110. The molecule has 27 atom stereocenters. The first-order valence-corrected chi connectivity index (χ1v) is 46.7. The molecule has 8 amide bonds. The predicted octanol–water partition coefficient (Wildman–Crippen LogP) is -2.83. The second-order valence-corrected chi connectivity index (χ2v) is 37.3. The van der Waals surface area contributed by atoms with Crippen LogP contribution in [-0.2, 0) is 63.8 Å². The van der Waals surface area contributed by atoms with Gasteiger partial charge in [0.2, 0.25) is 59.3 Å². The van der Waals surface area contributed by atoms with Gasteiger partial charge in [-0.3, -0.25) is 43.3 Å². The number of hydrogen-bond donors (Lipinski definition) is 29. The van der Waals surface area contributed by atoms with Crippen molar-refractivity contribution in [3.05, 3.63) is 116 Å². The summed E-state index contributed by atoms with van der Waals surface area (Å²) < 4.78 is 45.0. The SMILES string of the molecule is CCCCCCCCCCNCCN[C@@]1(C)C[C@H](O[C@H]2[C@H](Oc3c4cc5cc3Oc3ccc(cc3Cl)[C@@H](O)[C@@H](NC(=O)[C@@H](CC(C)C)NC)C(=O)N[C@@H](CC(N)=O)C(=O)N[C@H]5C(=O)N[C@H]3C(=O)N[C@H](C(=O)N[C@H](C(=O)N[C@@H]5[C@@H](O)[C@H](O)[C@@H](CO)O[C@H]5O)c5cc(O)c(CN(C)C[C@H](O)[C@@H](O)[C@H](O)[C@H](O)CO)c(O)c5-c5cc3ccc5O)[C@H](O)c3ccc(c(Cl)c3)O4)O[C@H](CO)[C@@H](O)[C@@H]2O)O[C@@H](C)[C@H]1O. The Bertz CT molecular complexity index is 5120. The van der Waals surface area contributed by atoms with Gasteiger partial charge in [0.15, 0.2) is 30.2 Å². The van der Waals surface area contributed by atoms with Gasteiger partial charge in [-0.15, -0.1) is 0 Å². The lowest BCUT2D eigenvalue weighted by atomic mass is 9.85. The van der Waals surface area contributed by atoms with Gasteiger partial charge in [0, 0.05) is 49.3 Å². The minimum Gasteiger partial charge on any atom is -0.507 e. The van der Waals surface area contributed by atoms with E-state index in [1.165, 1.54) is 39.4 Å². The third kappa shape index (κ3) is 26.2. The number of unbranched alkanes of at least 4 members (excludes halogenated alkanes) is 7. The third-order valence-corrected chi connectivity index (χ3v) is 26.1. The molecule has 768 valence electrons. The highest BCUT2D eigenvalue weighted by Gasteiger charge is 2.54. The quantitative estimate of drug-likeness (QED) is 0.0180. The fraction of sp³-hybridized carbons (Fsp3) is 0.587. The zero-order chi connectivity index (χ0) is 102. The van der Waals surface area contributed by atoms with Crippen LogP contribution in [0.5, 0.6) is 46.0 Å². The van der Waals surface area contributed by atoms with Crippen molar-refractivity contribution in [3.8, 4) is 57.1 Å². The molecule has 13 rings (SSSR count). The number of rotatable bonds is 36. The summed E-state index contributed by atoms with van der Waals surface area (Å²) in [4.78, 5) is 124. The molecule has 5 aromatic rings. The van der Waals surface area contributed by atoms with Gasteiger partial charge in [0.1, 0.15) is 138 Å². The van der Waals surface area contributed by atoms with E-state index in [1.807, 2.05) is 0 Å². The first-order chi connectivity index (χ1) is 65.9. The number of phenolic OH excluding ortho intramolecular Hbond substituents is 3. The zero-order valence-electron chi connectivity index (χ0n) is 77.4. The number of primary amides is 1. The minimum atomic E-state index is -2.54. The number of benzene rings is 5. The van der Waals surface area contributed by atoms with Crippen molar-refractivity contribution >= 4 is 70.5 Å². The summed E-state index contributed by atoms with van der Waals surface area (Å²) in [5, 5.41) is 232. The van der Waals surface area contributed by atoms with Crippen molar-refractivity contribution in [1.82, 2.24) is 58.1 Å². The molecule has 0 radical (unpaired) electrons. The van der Waals surface area contributed by atoms with Gasteiger partial charge >= 0.3 is 0 Å². The van der Waals surface area contributed by atoms with Crippen LogP contribution in [0.25, 0.3) is 11.1 Å². The molecule has 5 aromatic carbocycles. The average molecular weight is 2000 g/mol. The molecule has 45 nitrogen and oxygen atoms in total. The Morgan fingerprint density at radius 1 is 0.633 bits per heavy atom. The van der Waals surface area contributed by atoms with E-state index >= 15 is 28.8 Å². The van der Waals surface area contributed by atoms with Gasteiger partial charge in [-0.2, -0.15) is 0 Å². The number of aromatic hydroxyl groups is 3. The number of ether oxygens (including phenoxy) is 7. The van der Waals surface area contributed by atoms with Crippen LogP contribution >= 0.6 is 23.2 Å². The summed E-state index contributed by atoms with van der Waals surface area (Å²) in [6.07, 6.45) is -26.8.